The van der Waals surface area contributed by atoms with Crippen molar-refractivity contribution in [1.29, 1.82) is 0 Å². The molecule has 0 N–H and O–H groups in total. The highest BCUT2D eigenvalue weighted by Crippen LogP contribution is 2.32. The highest BCUT2D eigenvalue weighted by molar-refractivity contribution is 5.68. The third-order valence-electron chi connectivity index (χ3n) is 5.15. The van der Waals surface area contributed by atoms with Gasteiger partial charge in [-0.3, -0.25) is 4.68 Å². The van der Waals surface area contributed by atoms with Gasteiger partial charge in [0.05, 0.1) is 6.04 Å². The molecule has 1 atom stereocenters. The Morgan fingerprint density at radius 2 is 1.71 bits per heavy atom. The van der Waals surface area contributed by atoms with Gasteiger partial charge >= 0.3 is 6.09 Å². The smallest absolute Gasteiger partial charge is 0.410 e. The van der Waals surface area contributed by atoms with Crippen molar-refractivity contribution in [1.82, 2.24) is 19.2 Å². The maximum absolute atomic E-state index is 12.5. The van der Waals surface area contributed by atoms with Crippen LogP contribution in [0.1, 0.15) is 71.1 Å². The molecule has 1 fully saturated rings. The van der Waals surface area contributed by atoms with E-state index in [1.165, 1.54) is 17.1 Å². The normalized spacial score (nSPS) is 18.0. The van der Waals surface area contributed by atoms with Crippen LogP contribution in [0.2, 0.25) is 0 Å². The maximum atomic E-state index is 12.5. The predicted octanol–water partition coefficient (Wildman–Crippen LogP) is 4.77. The summed E-state index contributed by atoms with van der Waals surface area (Å²) in [5, 5.41) is 4.99. The summed E-state index contributed by atoms with van der Waals surface area (Å²) >= 11 is 0. The van der Waals surface area contributed by atoms with E-state index in [1.54, 1.807) is 4.90 Å². The van der Waals surface area contributed by atoms with Gasteiger partial charge < -0.3 is 14.2 Å². The zero-order valence-electron chi connectivity index (χ0n) is 18.5. The van der Waals surface area contributed by atoms with Gasteiger partial charge in [-0.15, -0.1) is 0 Å². The monoisotopic (exact) mass is 386 g/mol. The van der Waals surface area contributed by atoms with Crippen LogP contribution in [0.15, 0.2) is 18.2 Å². The molecule has 0 radical (unpaired) electrons. The molecule has 0 saturated carbocycles. The fraction of sp³-hybridized carbons (Fsp3) is 0.636. The SMILES string of the molecule is Cc1ccc(C)n1-c1cc(C(C)(C)C)n([C@H]2CCN(C(=O)OC(C)(C)C)C2)n1. The lowest BCUT2D eigenvalue weighted by Crippen LogP contribution is -2.35. The van der Waals surface area contributed by atoms with Gasteiger partial charge in [0, 0.05) is 41.7 Å². The van der Waals surface area contributed by atoms with Gasteiger partial charge in [0.15, 0.2) is 5.82 Å². The number of carbonyl (C=O) groups is 1. The summed E-state index contributed by atoms with van der Waals surface area (Å²) in [6.07, 6.45) is 0.643. The summed E-state index contributed by atoms with van der Waals surface area (Å²) in [5.74, 6) is 0.945. The van der Waals surface area contributed by atoms with Gasteiger partial charge in [-0.05, 0) is 53.2 Å². The first kappa shape index (κ1) is 20.5. The average molecular weight is 387 g/mol. The Kier molecular flexibility index (Phi) is 5.11. The highest BCUT2D eigenvalue weighted by atomic mass is 16.6. The molecule has 2 aromatic rings. The molecular weight excluding hydrogens is 352 g/mol. The van der Waals surface area contributed by atoms with Crippen molar-refractivity contribution in [3.63, 3.8) is 0 Å². The largest absolute Gasteiger partial charge is 0.444 e. The fourth-order valence-electron chi connectivity index (χ4n) is 3.79. The van der Waals surface area contributed by atoms with E-state index in [0.29, 0.717) is 13.1 Å². The molecule has 1 aliphatic heterocycles. The molecule has 3 heterocycles. The van der Waals surface area contributed by atoms with Gasteiger partial charge in [0.25, 0.3) is 0 Å². The van der Waals surface area contributed by atoms with Crippen LogP contribution in [-0.2, 0) is 10.2 Å². The van der Waals surface area contributed by atoms with Crippen LogP contribution in [0.25, 0.3) is 5.82 Å². The number of rotatable bonds is 2. The molecule has 1 saturated heterocycles. The minimum Gasteiger partial charge on any atom is -0.444 e. The Hall–Kier alpha value is -2.24. The Balaban J connectivity index is 1.91. The Labute approximate surface area is 168 Å². The molecule has 6 heteroatoms. The Morgan fingerprint density at radius 1 is 1.11 bits per heavy atom. The number of nitrogens with zero attached hydrogens (tertiary/aromatic N) is 4. The van der Waals surface area contributed by atoms with E-state index in [-0.39, 0.29) is 17.6 Å². The fourth-order valence-corrected chi connectivity index (χ4v) is 3.79. The number of hydrogen-bond donors (Lipinski definition) is 0. The minimum atomic E-state index is -0.478. The van der Waals surface area contributed by atoms with Crippen LogP contribution in [0, 0.1) is 13.8 Å². The number of likely N-dealkylation sites (tertiary alicyclic amines) is 1. The minimum absolute atomic E-state index is 0.0421. The second-order valence-corrected chi connectivity index (χ2v) is 9.90. The Morgan fingerprint density at radius 3 is 2.25 bits per heavy atom. The lowest BCUT2D eigenvalue weighted by Gasteiger charge is -2.25. The summed E-state index contributed by atoms with van der Waals surface area (Å²) in [5.41, 5.74) is 3.01. The van der Waals surface area contributed by atoms with Crippen LogP contribution in [0.5, 0.6) is 0 Å². The quantitative estimate of drug-likeness (QED) is 0.747. The zero-order chi connectivity index (χ0) is 20.9. The second-order valence-electron chi connectivity index (χ2n) is 9.90. The molecule has 0 bridgehead atoms. The molecular formula is C22H34N4O2. The predicted molar refractivity (Wildman–Crippen MR) is 111 cm³/mol. The van der Waals surface area contributed by atoms with Crippen molar-refractivity contribution in [3.05, 3.63) is 35.3 Å². The van der Waals surface area contributed by atoms with Crippen molar-refractivity contribution < 1.29 is 9.53 Å². The molecule has 154 valence electrons. The van der Waals surface area contributed by atoms with Crippen molar-refractivity contribution in [2.75, 3.05) is 13.1 Å². The molecule has 2 aromatic heterocycles. The van der Waals surface area contributed by atoms with Gasteiger partial charge in [-0.1, -0.05) is 20.8 Å². The lowest BCUT2D eigenvalue weighted by atomic mass is 9.91. The number of aryl methyl sites for hydroxylation is 2. The van der Waals surface area contributed by atoms with Crippen LogP contribution in [-0.4, -0.2) is 44.0 Å². The van der Waals surface area contributed by atoms with E-state index in [2.05, 4.69) is 62.1 Å². The van der Waals surface area contributed by atoms with E-state index in [9.17, 15) is 4.79 Å². The van der Waals surface area contributed by atoms with E-state index < -0.39 is 5.60 Å². The Bertz CT molecular complexity index is 845. The van der Waals surface area contributed by atoms with E-state index >= 15 is 0 Å². The topological polar surface area (TPSA) is 52.3 Å². The number of ether oxygens (including phenoxy) is 1. The van der Waals surface area contributed by atoms with E-state index in [4.69, 9.17) is 9.84 Å². The average Bonchev–Trinajstić information content (AvgIpc) is 3.23. The van der Waals surface area contributed by atoms with Gasteiger partial charge in [-0.25, -0.2) is 4.79 Å². The van der Waals surface area contributed by atoms with Gasteiger partial charge in [0.2, 0.25) is 0 Å². The van der Waals surface area contributed by atoms with Crippen molar-refractivity contribution >= 4 is 6.09 Å². The summed E-state index contributed by atoms with van der Waals surface area (Å²) in [6.45, 7) is 17.8. The lowest BCUT2D eigenvalue weighted by molar-refractivity contribution is 0.0288. The molecule has 0 aliphatic carbocycles. The summed E-state index contributed by atoms with van der Waals surface area (Å²) in [6, 6.07) is 6.58. The standard InChI is InChI=1S/C22H34N4O2/c1-15-9-10-16(2)25(15)19-13-18(21(3,4)5)26(23-19)17-11-12-24(14-17)20(27)28-22(6,7)8/h9-10,13,17H,11-12,14H2,1-8H3/t17-/m0/s1. The molecule has 6 nitrogen and oxygen atoms in total. The molecule has 28 heavy (non-hydrogen) atoms. The van der Waals surface area contributed by atoms with Crippen LogP contribution in [0.4, 0.5) is 4.79 Å². The van der Waals surface area contributed by atoms with Crippen LogP contribution >= 0.6 is 0 Å². The van der Waals surface area contributed by atoms with Gasteiger partial charge in [-0.2, -0.15) is 5.10 Å². The summed E-state index contributed by atoms with van der Waals surface area (Å²) in [4.78, 5) is 14.3. The summed E-state index contributed by atoms with van der Waals surface area (Å²) < 4.78 is 9.88. The molecule has 1 aliphatic rings. The summed E-state index contributed by atoms with van der Waals surface area (Å²) in [7, 11) is 0. The van der Waals surface area contributed by atoms with E-state index in [1.807, 2.05) is 20.8 Å². The number of aromatic nitrogens is 3. The van der Waals surface area contributed by atoms with Crippen LogP contribution < -0.4 is 0 Å². The second kappa shape index (κ2) is 6.98. The molecule has 0 spiro atoms. The van der Waals surface area contributed by atoms with Crippen molar-refractivity contribution in [3.8, 4) is 5.82 Å². The highest BCUT2D eigenvalue weighted by Gasteiger charge is 2.34. The van der Waals surface area contributed by atoms with E-state index in [0.717, 1.165) is 12.2 Å². The first-order valence-corrected chi connectivity index (χ1v) is 10.1. The van der Waals surface area contributed by atoms with Crippen LogP contribution in [0.3, 0.4) is 0 Å². The first-order valence-electron chi connectivity index (χ1n) is 10.1. The number of amides is 1. The zero-order valence-corrected chi connectivity index (χ0v) is 18.5. The maximum Gasteiger partial charge on any atom is 0.410 e. The molecule has 3 rings (SSSR count). The third kappa shape index (κ3) is 4.10. The first-order chi connectivity index (χ1) is 12.9. The van der Waals surface area contributed by atoms with Crippen molar-refractivity contribution in [2.45, 2.75) is 78.9 Å². The number of hydrogen-bond acceptors (Lipinski definition) is 3. The third-order valence-corrected chi connectivity index (χ3v) is 5.15. The molecule has 0 unspecified atom stereocenters. The van der Waals surface area contributed by atoms with Gasteiger partial charge in [0.1, 0.15) is 5.60 Å². The van der Waals surface area contributed by atoms with Crippen molar-refractivity contribution in [2.24, 2.45) is 0 Å². The number of carbonyl (C=O) groups excluding carboxylic acids is 1. The molecule has 1 amide bonds. The molecule has 0 aromatic carbocycles.